The molecule has 3 aromatic carbocycles. The van der Waals surface area contributed by atoms with Gasteiger partial charge in [-0.2, -0.15) is 0 Å². The molecule has 0 unspecified atom stereocenters. The van der Waals surface area contributed by atoms with Crippen LogP contribution in [0.25, 0.3) is 0 Å². The molecule has 3 rings (SSSR count). The Morgan fingerprint density at radius 1 is 0.793 bits per heavy atom. The molecular weight excluding hydrogens is 384 g/mol. The van der Waals surface area contributed by atoms with Crippen LogP contribution in [0.15, 0.2) is 84.9 Å². The molecule has 0 aliphatic rings. The molecule has 0 bridgehead atoms. The van der Waals surface area contributed by atoms with Crippen molar-refractivity contribution in [1.29, 1.82) is 0 Å². The van der Waals surface area contributed by atoms with Crippen LogP contribution in [-0.2, 0) is 14.8 Å². The zero-order valence-corrected chi connectivity index (χ0v) is 17.0. The molecule has 29 heavy (non-hydrogen) atoms. The molecule has 3 aromatic rings. The molecular formula is C23H24N2O3S. The summed E-state index contributed by atoms with van der Waals surface area (Å²) in [5, 5.41) is 2.90. The Morgan fingerprint density at radius 3 is 1.76 bits per heavy atom. The van der Waals surface area contributed by atoms with Gasteiger partial charge in [0.05, 0.1) is 5.75 Å². The molecule has 0 radical (unpaired) electrons. The Hall–Kier alpha value is -3.12. The highest BCUT2D eigenvalue weighted by molar-refractivity contribution is 7.92. The largest absolute Gasteiger partial charge is 0.326 e. The molecule has 5 nitrogen and oxygen atoms in total. The molecule has 0 aliphatic carbocycles. The van der Waals surface area contributed by atoms with Gasteiger partial charge in [-0.05, 0) is 42.3 Å². The number of carbonyl (C=O) groups excluding carboxylic acids is 1. The molecule has 0 spiro atoms. The number of carbonyl (C=O) groups is 1. The van der Waals surface area contributed by atoms with Crippen molar-refractivity contribution in [3.63, 3.8) is 0 Å². The summed E-state index contributed by atoms with van der Waals surface area (Å²) in [4.78, 5) is 12.7. The third kappa shape index (κ3) is 5.93. The molecule has 0 fully saturated rings. The molecule has 0 aliphatic heterocycles. The van der Waals surface area contributed by atoms with Crippen molar-refractivity contribution in [1.82, 2.24) is 0 Å². The van der Waals surface area contributed by atoms with Crippen molar-refractivity contribution < 1.29 is 13.2 Å². The monoisotopic (exact) mass is 408 g/mol. The minimum atomic E-state index is -3.32. The average molecular weight is 409 g/mol. The van der Waals surface area contributed by atoms with Gasteiger partial charge in [-0.3, -0.25) is 9.52 Å². The zero-order chi connectivity index (χ0) is 20.7. The van der Waals surface area contributed by atoms with Gasteiger partial charge in [0.2, 0.25) is 15.9 Å². The van der Waals surface area contributed by atoms with E-state index in [0.29, 0.717) is 17.8 Å². The lowest BCUT2D eigenvalue weighted by Crippen LogP contribution is -2.17. The Bertz CT molecular complexity index is 995. The van der Waals surface area contributed by atoms with E-state index < -0.39 is 10.0 Å². The van der Waals surface area contributed by atoms with Gasteiger partial charge in [-0.1, -0.05) is 60.7 Å². The third-order valence-electron chi connectivity index (χ3n) is 4.62. The molecule has 2 N–H and O–H groups in total. The van der Waals surface area contributed by atoms with Crippen LogP contribution in [0.5, 0.6) is 0 Å². The maximum Gasteiger partial charge on any atom is 0.232 e. The minimum Gasteiger partial charge on any atom is -0.326 e. The topological polar surface area (TPSA) is 75.3 Å². The molecule has 0 atom stereocenters. The third-order valence-corrected chi connectivity index (χ3v) is 5.92. The van der Waals surface area contributed by atoms with E-state index >= 15 is 0 Å². The number of hydrogen-bond donors (Lipinski definition) is 2. The van der Waals surface area contributed by atoms with Crippen molar-refractivity contribution in [3.8, 4) is 0 Å². The number of benzene rings is 3. The second-order valence-corrected chi connectivity index (χ2v) is 8.72. The maximum atomic E-state index is 12.7. The summed E-state index contributed by atoms with van der Waals surface area (Å²) < 4.78 is 25.8. The van der Waals surface area contributed by atoms with Crippen molar-refractivity contribution in [2.24, 2.45) is 0 Å². The van der Waals surface area contributed by atoms with Crippen LogP contribution in [0.1, 0.15) is 30.4 Å². The lowest BCUT2D eigenvalue weighted by atomic mass is 9.88. The van der Waals surface area contributed by atoms with Crippen LogP contribution in [0.2, 0.25) is 0 Å². The molecule has 150 valence electrons. The van der Waals surface area contributed by atoms with Gasteiger partial charge in [0.15, 0.2) is 0 Å². The quantitative estimate of drug-likeness (QED) is 0.572. The van der Waals surface area contributed by atoms with E-state index in [1.54, 1.807) is 31.2 Å². The molecule has 0 heterocycles. The SMILES string of the molecule is CCS(=O)(=O)Nc1ccc(NC(=O)CC(c2ccccc2)c2ccccc2)cc1. The van der Waals surface area contributed by atoms with Gasteiger partial charge in [-0.15, -0.1) is 0 Å². The van der Waals surface area contributed by atoms with E-state index in [0.717, 1.165) is 11.1 Å². The maximum absolute atomic E-state index is 12.7. The van der Waals surface area contributed by atoms with Crippen LogP contribution in [0.3, 0.4) is 0 Å². The number of sulfonamides is 1. The average Bonchev–Trinajstić information content (AvgIpc) is 2.74. The summed E-state index contributed by atoms with van der Waals surface area (Å²) in [6.45, 7) is 1.58. The Kier molecular flexibility index (Phi) is 6.67. The normalized spacial score (nSPS) is 11.2. The van der Waals surface area contributed by atoms with Crippen molar-refractivity contribution in [2.75, 3.05) is 15.8 Å². The molecule has 1 amide bonds. The zero-order valence-electron chi connectivity index (χ0n) is 16.2. The second-order valence-electron chi connectivity index (χ2n) is 6.71. The Labute approximate surface area is 171 Å². The highest BCUT2D eigenvalue weighted by atomic mass is 32.2. The number of amides is 1. The van der Waals surface area contributed by atoms with Gasteiger partial charge < -0.3 is 5.32 Å². The minimum absolute atomic E-state index is 0.00580. The van der Waals surface area contributed by atoms with Crippen molar-refractivity contribution in [3.05, 3.63) is 96.1 Å². The number of hydrogen-bond acceptors (Lipinski definition) is 3. The summed E-state index contributed by atoms with van der Waals surface area (Å²) in [5.41, 5.74) is 3.25. The van der Waals surface area contributed by atoms with E-state index in [1.165, 1.54) is 0 Å². The van der Waals surface area contributed by atoms with Crippen molar-refractivity contribution >= 4 is 27.3 Å². The summed E-state index contributed by atoms with van der Waals surface area (Å²) in [6.07, 6.45) is 0.304. The highest BCUT2D eigenvalue weighted by Crippen LogP contribution is 2.28. The van der Waals surface area contributed by atoms with E-state index in [-0.39, 0.29) is 17.6 Å². The second kappa shape index (κ2) is 9.39. The van der Waals surface area contributed by atoms with Crippen LogP contribution in [-0.4, -0.2) is 20.1 Å². The van der Waals surface area contributed by atoms with Crippen molar-refractivity contribution in [2.45, 2.75) is 19.3 Å². The predicted octanol–water partition coefficient (Wildman–Crippen LogP) is 4.61. The van der Waals surface area contributed by atoms with Gasteiger partial charge in [0.25, 0.3) is 0 Å². The van der Waals surface area contributed by atoms with Crippen LogP contribution < -0.4 is 10.0 Å². The van der Waals surface area contributed by atoms with Crippen LogP contribution >= 0.6 is 0 Å². The number of anilines is 2. The lowest BCUT2D eigenvalue weighted by Gasteiger charge is -2.18. The fourth-order valence-electron chi connectivity index (χ4n) is 3.07. The smallest absolute Gasteiger partial charge is 0.232 e. The molecule has 0 aromatic heterocycles. The first-order valence-electron chi connectivity index (χ1n) is 9.47. The first-order chi connectivity index (χ1) is 14.0. The summed E-state index contributed by atoms with van der Waals surface area (Å²) in [5.74, 6) is -0.149. The number of nitrogens with one attached hydrogen (secondary N) is 2. The summed E-state index contributed by atoms with van der Waals surface area (Å²) in [6, 6.07) is 26.6. The fraction of sp³-hybridized carbons (Fsp3) is 0.174. The van der Waals surface area contributed by atoms with E-state index in [2.05, 4.69) is 10.0 Å². The van der Waals surface area contributed by atoms with Gasteiger partial charge in [0, 0.05) is 23.7 Å². The Balaban J connectivity index is 1.71. The lowest BCUT2D eigenvalue weighted by molar-refractivity contribution is -0.116. The summed E-state index contributed by atoms with van der Waals surface area (Å²) in [7, 11) is -3.32. The molecule has 0 saturated heterocycles. The first-order valence-corrected chi connectivity index (χ1v) is 11.1. The summed E-state index contributed by atoms with van der Waals surface area (Å²) >= 11 is 0. The molecule has 6 heteroatoms. The fourth-order valence-corrected chi connectivity index (χ4v) is 3.71. The standard InChI is InChI=1S/C23H24N2O3S/c1-2-29(27,28)25-21-15-13-20(14-16-21)24-23(26)17-22(18-9-5-3-6-10-18)19-11-7-4-8-12-19/h3-16,22,25H,2,17H2,1H3,(H,24,26). The van der Waals surface area contributed by atoms with E-state index in [4.69, 9.17) is 0 Å². The van der Waals surface area contributed by atoms with Crippen LogP contribution in [0, 0.1) is 0 Å². The van der Waals surface area contributed by atoms with Gasteiger partial charge in [-0.25, -0.2) is 8.42 Å². The van der Waals surface area contributed by atoms with E-state index in [1.807, 2.05) is 60.7 Å². The Morgan fingerprint density at radius 2 is 1.28 bits per heavy atom. The van der Waals surface area contributed by atoms with Crippen LogP contribution in [0.4, 0.5) is 11.4 Å². The first kappa shape index (κ1) is 20.6. The predicted molar refractivity (Wildman–Crippen MR) is 117 cm³/mol. The molecule has 0 saturated carbocycles. The highest BCUT2D eigenvalue weighted by Gasteiger charge is 2.18. The van der Waals surface area contributed by atoms with Gasteiger partial charge >= 0.3 is 0 Å². The van der Waals surface area contributed by atoms with E-state index in [9.17, 15) is 13.2 Å². The number of rotatable bonds is 8. The van der Waals surface area contributed by atoms with Gasteiger partial charge in [0.1, 0.15) is 0 Å².